The highest BCUT2D eigenvalue weighted by Crippen LogP contribution is 2.35. The van der Waals surface area contributed by atoms with E-state index in [2.05, 4.69) is 23.4 Å². The lowest BCUT2D eigenvalue weighted by atomic mass is 10.2. The number of aromatic nitrogens is 3. The predicted octanol–water partition coefficient (Wildman–Crippen LogP) is 3.46. The zero-order valence-corrected chi connectivity index (χ0v) is 11.9. The third-order valence-corrected chi connectivity index (χ3v) is 4.20. The van der Waals surface area contributed by atoms with Gasteiger partial charge in [-0.15, -0.1) is 11.3 Å². The van der Waals surface area contributed by atoms with E-state index in [4.69, 9.17) is 10.7 Å². The number of hydrogen-bond acceptors (Lipinski definition) is 4. The summed E-state index contributed by atoms with van der Waals surface area (Å²) in [5.74, 6) is 1.00. The van der Waals surface area contributed by atoms with Crippen LogP contribution in [0.25, 0.3) is 21.7 Å². The lowest BCUT2D eigenvalue weighted by molar-refractivity contribution is 0.704. The Labute approximate surface area is 115 Å². The Morgan fingerprint density at radius 3 is 2.95 bits per heavy atom. The molecule has 0 unspecified atom stereocenters. The number of fused-ring (bicyclic) bond motifs is 1. The second kappa shape index (κ2) is 4.66. The summed E-state index contributed by atoms with van der Waals surface area (Å²) in [6.07, 6.45) is 4.70. The van der Waals surface area contributed by atoms with Crippen molar-refractivity contribution in [2.75, 3.05) is 5.73 Å². The van der Waals surface area contributed by atoms with E-state index < -0.39 is 0 Å². The largest absolute Gasteiger partial charge is 0.391 e. The van der Waals surface area contributed by atoms with Crippen molar-refractivity contribution in [3.63, 3.8) is 0 Å². The van der Waals surface area contributed by atoms with E-state index in [0.29, 0.717) is 0 Å². The molecule has 0 aliphatic heterocycles. The molecule has 5 heteroatoms. The van der Waals surface area contributed by atoms with Crippen LogP contribution in [0.4, 0.5) is 5.00 Å². The third-order valence-electron chi connectivity index (χ3n) is 3.14. The molecule has 3 rings (SSSR count). The summed E-state index contributed by atoms with van der Waals surface area (Å²) < 4.78 is 2.26. The van der Waals surface area contributed by atoms with Crippen LogP contribution in [0.15, 0.2) is 24.5 Å². The number of hydrogen-bond donors (Lipinski definition) is 1. The van der Waals surface area contributed by atoms with Crippen molar-refractivity contribution in [1.29, 1.82) is 0 Å². The Morgan fingerprint density at radius 1 is 1.42 bits per heavy atom. The topological polar surface area (TPSA) is 56.7 Å². The zero-order chi connectivity index (χ0) is 13.4. The van der Waals surface area contributed by atoms with Gasteiger partial charge in [0.15, 0.2) is 5.82 Å². The molecule has 0 amide bonds. The smallest absolute Gasteiger partial charge is 0.151 e. The molecule has 19 heavy (non-hydrogen) atoms. The summed E-state index contributed by atoms with van der Waals surface area (Å²) in [5, 5.41) is 0.834. The van der Waals surface area contributed by atoms with Crippen molar-refractivity contribution >= 4 is 27.4 Å². The fourth-order valence-corrected chi connectivity index (χ4v) is 3.27. The summed E-state index contributed by atoms with van der Waals surface area (Å²) in [6.45, 7) is 5.20. The molecule has 0 fully saturated rings. The number of nitrogens with zero attached hydrogens (tertiary/aromatic N) is 3. The molecule has 0 radical (unpaired) electrons. The quantitative estimate of drug-likeness (QED) is 0.794. The number of nitrogens with two attached hydrogens (primary N) is 1. The Bertz CT molecular complexity index is 726. The van der Waals surface area contributed by atoms with E-state index in [1.54, 1.807) is 11.3 Å². The standard InChI is InChI=1S/C14H16N4S/c1-3-6-18-11-4-5-16-8-10(11)17-14(18)13-9(2)7-12(15)19-13/h4-5,7-8H,3,6,15H2,1-2H3. The molecule has 0 aliphatic rings. The van der Waals surface area contributed by atoms with Crippen molar-refractivity contribution in [1.82, 2.24) is 14.5 Å². The summed E-state index contributed by atoms with van der Waals surface area (Å²) in [5.41, 5.74) is 9.17. The van der Waals surface area contributed by atoms with Crippen LogP contribution >= 0.6 is 11.3 Å². The average Bonchev–Trinajstić information content (AvgIpc) is 2.91. The fraction of sp³-hybridized carbons (Fsp3) is 0.286. The monoisotopic (exact) mass is 272 g/mol. The molecule has 0 saturated heterocycles. The van der Waals surface area contributed by atoms with Gasteiger partial charge in [0.1, 0.15) is 5.52 Å². The molecule has 0 aromatic carbocycles. The Balaban J connectivity index is 2.27. The molecule has 3 heterocycles. The van der Waals surface area contributed by atoms with E-state index in [0.717, 1.165) is 39.7 Å². The van der Waals surface area contributed by atoms with Gasteiger partial charge in [-0.05, 0) is 31.0 Å². The molecule has 0 atom stereocenters. The van der Waals surface area contributed by atoms with Gasteiger partial charge in [0, 0.05) is 12.7 Å². The van der Waals surface area contributed by atoms with Gasteiger partial charge in [-0.2, -0.15) is 0 Å². The van der Waals surface area contributed by atoms with Gasteiger partial charge in [-0.25, -0.2) is 4.98 Å². The first-order chi connectivity index (χ1) is 9.20. The maximum absolute atomic E-state index is 5.90. The highest BCUT2D eigenvalue weighted by molar-refractivity contribution is 7.19. The van der Waals surface area contributed by atoms with Crippen molar-refractivity contribution in [2.24, 2.45) is 0 Å². The normalized spacial score (nSPS) is 11.3. The number of pyridine rings is 1. The summed E-state index contributed by atoms with van der Waals surface area (Å²) in [7, 11) is 0. The second-order valence-electron chi connectivity index (χ2n) is 4.61. The molecule has 2 N–H and O–H groups in total. The van der Waals surface area contributed by atoms with Crippen molar-refractivity contribution < 1.29 is 0 Å². The fourth-order valence-electron chi connectivity index (χ4n) is 2.33. The third kappa shape index (κ3) is 2.00. The van der Waals surface area contributed by atoms with Crippen LogP contribution in [0.3, 0.4) is 0 Å². The molecule has 4 nitrogen and oxygen atoms in total. The Kier molecular flexibility index (Phi) is 2.98. The molecule has 0 aliphatic carbocycles. The number of anilines is 1. The molecule has 98 valence electrons. The molecule has 0 spiro atoms. The first-order valence-corrected chi connectivity index (χ1v) is 7.19. The first kappa shape index (κ1) is 12.2. The predicted molar refractivity (Wildman–Crippen MR) is 80.3 cm³/mol. The lowest BCUT2D eigenvalue weighted by Crippen LogP contribution is -1.99. The van der Waals surface area contributed by atoms with Crippen LogP contribution in [-0.4, -0.2) is 14.5 Å². The lowest BCUT2D eigenvalue weighted by Gasteiger charge is -2.06. The molecule has 0 saturated carbocycles. The van der Waals surface area contributed by atoms with E-state index in [9.17, 15) is 0 Å². The molecule has 3 aromatic rings. The van der Waals surface area contributed by atoms with Gasteiger partial charge in [-0.3, -0.25) is 4.98 Å². The Hall–Kier alpha value is -1.88. The van der Waals surface area contributed by atoms with Gasteiger partial charge in [0.2, 0.25) is 0 Å². The SMILES string of the molecule is CCCn1c(-c2sc(N)cc2C)nc2cnccc21. The summed E-state index contributed by atoms with van der Waals surface area (Å²) in [4.78, 5) is 10.0. The van der Waals surface area contributed by atoms with Crippen LogP contribution in [0, 0.1) is 6.92 Å². The van der Waals surface area contributed by atoms with E-state index >= 15 is 0 Å². The van der Waals surface area contributed by atoms with Gasteiger partial charge in [-0.1, -0.05) is 6.92 Å². The van der Waals surface area contributed by atoms with Crippen molar-refractivity contribution in [3.05, 3.63) is 30.1 Å². The Morgan fingerprint density at radius 2 is 2.26 bits per heavy atom. The van der Waals surface area contributed by atoms with Gasteiger partial charge in [0.25, 0.3) is 0 Å². The summed E-state index contributed by atoms with van der Waals surface area (Å²) in [6, 6.07) is 4.03. The second-order valence-corrected chi connectivity index (χ2v) is 5.70. The van der Waals surface area contributed by atoms with Crippen LogP contribution < -0.4 is 5.73 Å². The minimum absolute atomic E-state index is 0.834. The van der Waals surface area contributed by atoms with Gasteiger partial charge < -0.3 is 10.3 Å². The van der Waals surface area contributed by atoms with E-state index in [1.165, 1.54) is 5.56 Å². The first-order valence-electron chi connectivity index (χ1n) is 6.37. The highest BCUT2D eigenvalue weighted by Gasteiger charge is 2.16. The number of nitrogen functional groups attached to an aromatic ring is 1. The minimum Gasteiger partial charge on any atom is -0.391 e. The summed E-state index contributed by atoms with van der Waals surface area (Å²) >= 11 is 1.60. The van der Waals surface area contributed by atoms with Gasteiger partial charge in [0.05, 0.1) is 21.6 Å². The van der Waals surface area contributed by atoms with Crippen molar-refractivity contribution in [3.8, 4) is 10.7 Å². The number of rotatable bonds is 3. The van der Waals surface area contributed by atoms with E-state index in [1.807, 2.05) is 24.5 Å². The minimum atomic E-state index is 0.834. The zero-order valence-electron chi connectivity index (χ0n) is 11.1. The molecular weight excluding hydrogens is 256 g/mol. The van der Waals surface area contributed by atoms with Crippen LogP contribution in [-0.2, 0) is 6.54 Å². The van der Waals surface area contributed by atoms with Crippen molar-refractivity contribution in [2.45, 2.75) is 26.8 Å². The molecule has 0 bridgehead atoms. The molecular formula is C14H16N4S. The number of imidazole rings is 1. The van der Waals surface area contributed by atoms with Crippen LogP contribution in [0.2, 0.25) is 0 Å². The van der Waals surface area contributed by atoms with Crippen LogP contribution in [0.1, 0.15) is 18.9 Å². The average molecular weight is 272 g/mol. The van der Waals surface area contributed by atoms with Gasteiger partial charge >= 0.3 is 0 Å². The maximum Gasteiger partial charge on any atom is 0.151 e. The molecule has 3 aromatic heterocycles. The number of aryl methyl sites for hydroxylation is 2. The maximum atomic E-state index is 5.90. The number of thiophene rings is 1. The highest BCUT2D eigenvalue weighted by atomic mass is 32.1. The van der Waals surface area contributed by atoms with Crippen LogP contribution in [0.5, 0.6) is 0 Å². The van der Waals surface area contributed by atoms with E-state index in [-0.39, 0.29) is 0 Å².